The van der Waals surface area contributed by atoms with Crippen molar-refractivity contribution in [3.05, 3.63) is 23.9 Å². The number of nitrogens with two attached hydrogens (primary N) is 1. The second kappa shape index (κ2) is 2.23. The molecular formula is C7H12N2. The SMILES string of the molecule is CC1=CN(C)C(N)C=C1. The van der Waals surface area contributed by atoms with E-state index in [1.165, 1.54) is 5.57 Å². The van der Waals surface area contributed by atoms with E-state index >= 15 is 0 Å². The minimum Gasteiger partial charge on any atom is -0.362 e. The van der Waals surface area contributed by atoms with Gasteiger partial charge in [-0.15, -0.1) is 0 Å². The third kappa shape index (κ3) is 1.33. The third-order valence-corrected chi connectivity index (χ3v) is 1.43. The van der Waals surface area contributed by atoms with E-state index in [1.54, 1.807) is 0 Å². The minimum atomic E-state index is 0.0636. The first kappa shape index (κ1) is 6.36. The normalized spacial score (nSPS) is 26.3. The molecule has 0 aliphatic carbocycles. The van der Waals surface area contributed by atoms with Crippen LogP contribution in [0.4, 0.5) is 0 Å². The third-order valence-electron chi connectivity index (χ3n) is 1.43. The van der Waals surface area contributed by atoms with Crippen molar-refractivity contribution in [2.75, 3.05) is 7.05 Å². The zero-order valence-electron chi connectivity index (χ0n) is 5.83. The van der Waals surface area contributed by atoms with Crippen molar-refractivity contribution < 1.29 is 0 Å². The van der Waals surface area contributed by atoms with Gasteiger partial charge in [0, 0.05) is 13.2 Å². The van der Waals surface area contributed by atoms with Crippen molar-refractivity contribution in [1.29, 1.82) is 0 Å². The van der Waals surface area contributed by atoms with Gasteiger partial charge in [0.2, 0.25) is 0 Å². The number of hydrogen-bond acceptors (Lipinski definition) is 2. The highest BCUT2D eigenvalue weighted by Crippen LogP contribution is 2.06. The first-order chi connectivity index (χ1) is 4.20. The monoisotopic (exact) mass is 124 g/mol. The molecule has 1 rings (SSSR count). The van der Waals surface area contributed by atoms with Crippen LogP contribution in [0.5, 0.6) is 0 Å². The molecule has 0 amide bonds. The molecule has 0 saturated carbocycles. The average Bonchev–Trinajstić information content (AvgIpc) is 1.80. The number of likely N-dealkylation sites (N-methyl/N-ethyl adjacent to an activating group) is 1. The van der Waals surface area contributed by atoms with Gasteiger partial charge in [-0.2, -0.15) is 0 Å². The Morgan fingerprint density at radius 1 is 1.67 bits per heavy atom. The van der Waals surface area contributed by atoms with Gasteiger partial charge in [0.1, 0.15) is 0 Å². The molecule has 0 aromatic rings. The Labute approximate surface area is 55.6 Å². The van der Waals surface area contributed by atoms with Gasteiger partial charge in [-0.1, -0.05) is 6.08 Å². The first-order valence-electron chi connectivity index (χ1n) is 3.04. The first-order valence-corrected chi connectivity index (χ1v) is 3.04. The van der Waals surface area contributed by atoms with E-state index in [-0.39, 0.29) is 6.17 Å². The highest BCUT2D eigenvalue weighted by molar-refractivity contribution is 5.21. The molecule has 1 unspecified atom stereocenters. The van der Waals surface area contributed by atoms with Crippen LogP contribution in [0.2, 0.25) is 0 Å². The molecular weight excluding hydrogens is 112 g/mol. The van der Waals surface area contributed by atoms with Crippen LogP contribution in [0.1, 0.15) is 6.92 Å². The Kier molecular flexibility index (Phi) is 1.58. The Bertz CT molecular complexity index is 158. The smallest absolute Gasteiger partial charge is 0.0956 e. The Hall–Kier alpha value is -0.760. The summed E-state index contributed by atoms with van der Waals surface area (Å²) in [7, 11) is 1.97. The van der Waals surface area contributed by atoms with Gasteiger partial charge in [0.25, 0.3) is 0 Å². The summed E-state index contributed by atoms with van der Waals surface area (Å²) < 4.78 is 0. The summed E-state index contributed by atoms with van der Waals surface area (Å²) in [6, 6.07) is 0. The van der Waals surface area contributed by atoms with Crippen LogP contribution in [0, 0.1) is 0 Å². The molecule has 1 heterocycles. The molecule has 2 heteroatoms. The quantitative estimate of drug-likeness (QED) is 0.514. The van der Waals surface area contributed by atoms with Crippen molar-refractivity contribution >= 4 is 0 Å². The van der Waals surface area contributed by atoms with E-state index in [2.05, 4.69) is 6.92 Å². The fourth-order valence-corrected chi connectivity index (χ4v) is 0.836. The molecule has 0 aromatic carbocycles. The molecule has 2 N–H and O–H groups in total. The topological polar surface area (TPSA) is 29.3 Å². The fourth-order valence-electron chi connectivity index (χ4n) is 0.836. The highest BCUT2D eigenvalue weighted by Gasteiger charge is 2.04. The summed E-state index contributed by atoms with van der Waals surface area (Å²) in [6.45, 7) is 2.05. The van der Waals surface area contributed by atoms with E-state index in [4.69, 9.17) is 5.73 Å². The van der Waals surface area contributed by atoms with E-state index in [0.717, 1.165) is 0 Å². The summed E-state index contributed by atoms with van der Waals surface area (Å²) >= 11 is 0. The van der Waals surface area contributed by atoms with E-state index < -0.39 is 0 Å². The molecule has 1 atom stereocenters. The van der Waals surface area contributed by atoms with Crippen LogP contribution in [-0.4, -0.2) is 18.1 Å². The maximum absolute atomic E-state index is 5.64. The largest absolute Gasteiger partial charge is 0.362 e. The van der Waals surface area contributed by atoms with Crippen molar-refractivity contribution in [3.63, 3.8) is 0 Å². The summed E-state index contributed by atoms with van der Waals surface area (Å²) in [5, 5.41) is 0. The summed E-state index contributed by atoms with van der Waals surface area (Å²) in [6.07, 6.45) is 6.11. The van der Waals surface area contributed by atoms with Crippen LogP contribution in [0.15, 0.2) is 23.9 Å². The number of nitrogens with zero attached hydrogens (tertiary/aromatic N) is 1. The standard InChI is InChI=1S/C7H12N2/c1-6-3-4-7(8)9(2)5-6/h3-5,7H,8H2,1-2H3. The number of rotatable bonds is 0. The van der Waals surface area contributed by atoms with E-state index in [9.17, 15) is 0 Å². The Morgan fingerprint density at radius 2 is 2.33 bits per heavy atom. The van der Waals surface area contributed by atoms with Crippen LogP contribution in [0.3, 0.4) is 0 Å². The molecule has 0 bridgehead atoms. The predicted molar refractivity (Wildman–Crippen MR) is 38.6 cm³/mol. The number of allylic oxidation sites excluding steroid dienone is 2. The van der Waals surface area contributed by atoms with Gasteiger partial charge >= 0.3 is 0 Å². The molecule has 1 aliphatic heterocycles. The molecule has 0 radical (unpaired) electrons. The zero-order valence-corrected chi connectivity index (χ0v) is 5.83. The Morgan fingerprint density at radius 3 is 2.78 bits per heavy atom. The minimum absolute atomic E-state index is 0.0636. The predicted octanol–water partition coefficient (Wildman–Crippen LogP) is 0.677. The van der Waals surface area contributed by atoms with Crippen LogP contribution in [-0.2, 0) is 0 Å². The van der Waals surface area contributed by atoms with Crippen LogP contribution in [0.25, 0.3) is 0 Å². The van der Waals surface area contributed by atoms with Gasteiger partial charge in [-0.3, -0.25) is 0 Å². The summed E-state index contributed by atoms with van der Waals surface area (Å²) in [4.78, 5) is 1.98. The highest BCUT2D eigenvalue weighted by atomic mass is 15.2. The van der Waals surface area contributed by atoms with Crippen molar-refractivity contribution in [2.45, 2.75) is 13.1 Å². The molecule has 0 aromatic heterocycles. The number of hydrogen-bond donors (Lipinski definition) is 1. The maximum atomic E-state index is 5.64. The molecule has 50 valence electrons. The summed E-state index contributed by atoms with van der Waals surface area (Å²) in [5.41, 5.74) is 6.88. The van der Waals surface area contributed by atoms with Crippen molar-refractivity contribution in [3.8, 4) is 0 Å². The fraction of sp³-hybridized carbons (Fsp3) is 0.429. The molecule has 2 nitrogen and oxygen atoms in total. The van der Waals surface area contributed by atoms with E-state index in [0.29, 0.717) is 0 Å². The van der Waals surface area contributed by atoms with Gasteiger partial charge in [0.05, 0.1) is 6.17 Å². The van der Waals surface area contributed by atoms with Crippen molar-refractivity contribution in [2.24, 2.45) is 5.73 Å². The lowest BCUT2D eigenvalue weighted by Gasteiger charge is -2.23. The Balaban J connectivity index is 2.70. The second-order valence-electron chi connectivity index (χ2n) is 2.39. The zero-order chi connectivity index (χ0) is 6.85. The van der Waals surface area contributed by atoms with Crippen LogP contribution >= 0.6 is 0 Å². The molecule has 9 heavy (non-hydrogen) atoms. The maximum Gasteiger partial charge on any atom is 0.0956 e. The summed E-state index contributed by atoms with van der Waals surface area (Å²) in [5.74, 6) is 0. The lowest BCUT2D eigenvalue weighted by atomic mass is 10.2. The van der Waals surface area contributed by atoms with E-state index in [1.807, 2.05) is 30.3 Å². The van der Waals surface area contributed by atoms with Gasteiger partial charge < -0.3 is 10.6 Å². The lowest BCUT2D eigenvalue weighted by Crippen LogP contribution is -2.35. The molecule has 0 fully saturated rings. The second-order valence-corrected chi connectivity index (χ2v) is 2.39. The van der Waals surface area contributed by atoms with Gasteiger partial charge in [-0.25, -0.2) is 0 Å². The van der Waals surface area contributed by atoms with Gasteiger partial charge in [-0.05, 0) is 18.6 Å². The average molecular weight is 124 g/mol. The molecule has 1 aliphatic rings. The lowest BCUT2D eigenvalue weighted by molar-refractivity contribution is 0.385. The molecule has 0 saturated heterocycles. The van der Waals surface area contributed by atoms with Gasteiger partial charge in [0.15, 0.2) is 0 Å². The van der Waals surface area contributed by atoms with Crippen molar-refractivity contribution in [1.82, 2.24) is 4.90 Å². The molecule has 0 spiro atoms. The van der Waals surface area contributed by atoms with Crippen LogP contribution < -0.4 is 5.73 Å².